The highest BCUT2D eigenvalue weighted by atomic mass is 32.2. The topological polar surface area (TPSA) is 85.5 Å². The van der Waals surface area contributed by atoms with Gasteiger partial charge in [0.1, 0.15) is 11.5 Å². The Labute approximate surface area is 108 Å². The summed E-state index contributed by atoms with van der Waals surface area (Å²) < 4.78 is 30.1. The molecule has 0 unspecified atom stereocenters. The summed E-state index contributed by atoms with van der Waals surface area (Å²) in [5.74, 6) is 0.353. The van der Waals surface area contributed by atoms with E-state index in [4.69, 9.17) is 10.5 Å². The van der Waals surface area contributed by atoms with Gasteiger partial charge in [-0.2, -0.15) is 0 Å². The minimum absolute atomic E-state index is 0.131. The van der Waals surface area contributed by atoms with Gasteiger partial charge >= 0.3 is 0 Å². The van der Waals surface area contributed by atoms with Crippen molar-refractivity contribution in [3.8, 4) is 5.88 Å². The van der Waals surface area contributed by atoms with Crippen LogP contribution in [0.1, 0.15) is 13.8 Å². The summed E-state index contributed by atoms with van der Waals surface area (Å²) in [5, 5.41) is 0. The van der Waals surface area contributed by atoms with Gasteiger partial charge in [-0.15, -0.1) is 0 Å². The quantitative estimate of drug-likeness (QED) is 0.841. The first-order chi connectivity index (χ1) is 8.13. The summed E-state index contributed by atoms with van der Waals surface area (Å²) >= 11 is 0. The number of ether oxygens (including phenoxy) is 1. The van der Waals surface area contributed by atoms with E-state index in [9.17, 15) is 8.42 Å². The lowest BCUT2D eigenvalue weighted by Crippen LogP contribution is -2.38. The third-order valence-electron chi connectivity index (χ3n) is 2.08. The van der Waals surface area contributed by atoms with E-state index in [1.54, 1.807) is 0 Å². The fourth-order valence-electron chi connectivity index (χ4n) is 1.08. The number of sulfonamides is 1. The lowest BCUT2D eigenvalue weighted by molar-refractivity contribution is 0.235. The van der Waals surface area contributed by atoms with E-state index in [-0.39, 0.29) is 4.90 Å². The molecule has 0 aliphatic carbocycles. The van der Waals surface area contributed by atoms with Crippen LogP contribution in [0.4, 0.5) is 0 Å². The predicted octanol–water partition coefficient (Wildman–Crippen LogP) is 0.448. The Balaban J connectivity index is 2.81. The Morgan fingerprint density at radius 2 is 2.00 bits per heavy atom. The first-order valence-corrected chi connectivity index (χ1v) is 6.87. The molecule has 0 aromatic carbocycles. The average Bonchev–Trinajstić information content (AvgIpc) is 2.26. The molecule has 1 aromatic rings. The molecule has 0 saturated heterocycles. The maximum absolute atomic E-state index is 11.8. The third-order valence-corrected chi connectivity index (χ3v) is 3.88. The summed E-state index contributed by atoms with van der Waals surface area (Å²) in [6.07, 6.45) is 1.27. The van der Waals surface area contributed by atoms with Gasteiger partial charge in [0.25, 0.3) is 0 Å². The number of rotatable bonds is 5. The van der Waals surface area contributed by atoms with Gasteiger partial charge in [0.2, 0.25) is 15.9 Å². The van der Waals surface area contributed by atoms with Crippen LogP contribution in [0.25, 0.3) is 0 Å². The smallest absolute Gasteiger partial charge is 0.244 e. The van der Waals surface area contributed by atoms with Crippen LogP contribution in [0.2, 0.25) is 0 Å². The van der Waals surface area contributed by atoms with E-state index in [1.165, 1.54) is 32.4 Å². The molecule has 0 amide bonds. The molecule has 0 atom stereocenters. The van der Waals surface area contributed by atoms with E-state index < -0.39 is 15.6 Å². The zero-order chi connectivity index (χ0) is 14.0. The van der Waals surface area contributed by atoms with Gasteiger partial charge in [0.15, 0.2) is 0 Å². The molecule has 0 spiro atoms. The highest BCUT2D eigenvalue weighted by Gasteiger charge is 2.18. The lowest BCUT2D eigenvalue weighted by atomic mass is 10.1. The van der Waals surface area contributed by atoms with E-state index in [1.807, 2.05) is 13.8 Å². The Kier molecular flexibility index (Phi) is 4.31. The molecule has 0 aliphatic heterocycles. The van der Waals surface area contributed by atoms with Crippen molar-refractivity contribution in [1.29, 1.82) is 0 Å². The molecule has 0 radical (unpaired) electrons. The zero-order valence-electron chi connectivity index (χ0n) is 11.0. The summed E-state index contributed by atoms with van der Waals surface area (Å²) in [6.45, 7) is 3.97. The number of nitrogens with zero attached hydrogens (tertiary/aromatic N) is 2. The first-order valence-electron chi connectivity index (χ1n) is 5.43. The molecule has 7 heteroatoms. The van der Waals surface area contributed by atoms with Crippen LogP contribution in [0.15, 0.2) is 23.2 Å². The van der Waals surface area contributed by atoms with E-state index in [2.05, 4.69) is 4.98 Å². The fourth-order valence-corrected chi connectivity index (χ4v) is 1.92. The van der Waals surface area contributed by atoms with Crippen LogP contribution in [0.3, 0.4) is 0 Å². The number of aromatic nitrogens is 1. The highest BCUT2D eigenvalue weighted by molar-refractivity contribution is 7.89. The fraction of sp³-hybridized carbons (Fsp3) is 0.545. The van der Waals surface area contributed by atoms with E-state index in [0.717, 1.165) is 4.31 Å². The Hall–Kier alpha value is -1.18. The van der Waals surface area contributed by atoms with Gasteiger partial charge in [-0.1, -0.05) is 0 Å². The molecule has 102 valence electrons. The number of hydrogen-bond donors (Lipinski definition) is 1. The van der Waals surface area contributed by atoms with Crippen molar-refractivity contribution >= 4 is 10.0 Å². The molecule has 0 bridgehead atoms. The minimum Gasteiger partial charge on any atom is -0.476 e. The summed E-state index contributed by atoms with van der Waals surface area (Å²) in [4.78, 5) is 4.08. The second kappa shape index (κ2) is 5.21. The van der Waals surface area contributed by atoms with Crippen molar-refractivity contribution in [2.75, 3.05) is 20.7 Å². The first kappa shape index (κ1) is 14.9. The molecule has 18 heavy (non-hydrogen) atoms. The second-order valence-corrected chi connectivity index (χ2v) is 7.05. The third kappa shape index (κ3) is 3.94. The van der Waals surface area contributed by atoms with Gasteiger partial charge in [-0.3, -0.25) is 0 Å². The predicted molar refractivity (Wildman–Crippen MR) is 68.9 cm³/mol. The molecule has 0 fully saturated rings. The second-order valence-electron chi connectivity index (χ2n) is 4.90. The minimum atomic E-state index is -3.45. The van der Waals surface area contributed by atoms with Crippen molar-refractivity contribution in [1.82, 2.24) is 9.29 Å². The number of pyridine rings is 1. The Morgan fingerprint density at radius 1 is 1.39 bits per heavy atom. The van der Waals surface area contributed by atoms with Crippen LogP contribution in [-0.2, 0) is 10.0 Å². The highest BCUT2D eigenvalue weighted by Crippen LogP contribution is 2.15. The van der Waals surface area contributed by atoms with Gasteiger partial charge in [-0.05, 0) is 19.9 Å². The molecule has 6 nitrogen and oxygen atoms in total. The van der Waals surface area contributed by atoms with Crippen LogP contribution in [0.5, 0.6) is 5.88 Å². The van der Waals surface area contributed by atoms with Crippen molar-refractivity contribution in [3.63, 3.8) is 0 Å². The maximum atomic E-state index is 11.8. The SMILES string of the molecule is CN(C)S(=O)(=O)c1ccc(OCC(C)(C)N)nc1. The van der Waals surface area contributed by atoms with Crippen LogP contribution < -0.4 is 10.5 Å². The monoisotopic (exact) mass is 273 g/mol. The zero-order valence-corrected chi connectivity index (χ0v) is 11.9. The average molecular weight is 273 g/mol. The molecule has 1 aromatic heterocycles. The molecule has 0 saturated carbocycles. The summed E-state index contributed by atoms with van der Waals surface area (Å²) in [6, 6.07) is 2.98. The largest absolute Gasteiger partial charge is 0.476 e. The van der Waals surface area contributed by atoms with Crippen LogP contribution in [-0.4, -0.2) is 43.9 Å². The Morgan fingerprint density at radius 3 is 2.39 bits per heavy atom. The molecule has 2 N–H and O–H groups in total. The van der Waals surface area contributed by atoms with E-state index in [0.29, 0.717) is 12.5 Å². The van der Waals surface area contributed by atoms with Crippen molar-refractivity contribution in [2.45, 2.75) is 24.3 Å². The molecular weight excluding hydrogens is 254 g/mol. The molecular formula is C11H19N3O3S. The van der Waals surface area contributed by atoms with E-state index >= 15 is 0 Å². The molecule has 1 heterocycles. The van der Waals surface area contributed by atoms with Crippen molar-refractivity contribution in [2.24, 2.45) is 5.73 Å². The van der Waals surface area contributed by atoms with Crippen LogP contribution in [0, 0.1) is 0 Å². The number of nitrogens with two attached hydrogens (primary N) is 1. The van der Waals surface area contributed by atoms with Gasteiger partial charge in [0.05, 0.1) is 6.20 Å². The molecule has 0 aliphatic rings. The lowest BCUT2D eigenvalue weighted by Gasteiger charge is -2.18. The summed E-state index contributed by atoms with van der Waals surface area (Å²) in [5.41, 5.74) is 5.30. The van der Waals surface area contributed by atoms with Gasteiger partial charge in [0, 0.05) is 25.7 Å². The molecule has 1 rings (SSSR count). The van der Waals surface area contributed by atoms with Crippen molar-refractivity contribution < 1.29 is 13.2 Å². The normalized spacial score (nSPS) is 12.8. The van der Waals surface area contributed by atoms with Gasteiger partial charge in [-0.25, -0.2) is 17.7 Å². The maximum Gasteiger partial charge on any atom is 0.244 e. The number of hydrogen-bond acceptors (Lipinski definition) is 5. The Bertz CT molecular complexity index is 489. The summed E-state index contributed by atoms with van der Waals surface area (Å²) in [7, 11) is -0.509. The van der Waals surface area contributed by atoms with Crippen LogP contribution >= 0.6 is 0 Å². The van der Waals surface area contributed by atoms with Crippen molar-refractivity contribution in [3.05, 3.63) is 18.3 Å². The standard InChI is InChI=1S/C11H19N3O3S/c1-11(2,12)8-17-10-6-5-9(7-13-10)18(15,16)14(3)4/h5-7H,8,12H2,1-4H3. The van der Waals surface area contributed by atoms with Gasteiger partial charge < -0.3 is 10.5 Å².